The predicted molar refractivity (Wildman–Crippen MR) is 91.5 cm³/mol. The number of aromatic nitrogens is 1. The summed E-state index contributed by atoms with van der Waals surface area (Å²) < 4.78 is 2.93. The van der Waals surface area contributed by atoms with Crippen molar-refractivity contribution in [1.29, 1.82) is 5.26 Å². The average Bonchev–Trinajstić information content (AvgIpc) is 2.93. The quantitative estimate of drug-likeness (QED) is 0.707. The largest absolute Gasteiger partial charge is 0.315 e. The summed E-state index contributed by atoms with van der Waals surface area (Å²) in [6, 6.07) is 14.1. The fraction of sp³-hybridized carbons (Fsp3) is 0.118. The van der Waals surface area contributed by atoms with Gasteiger partial charge in [0.25, 0.3) is 5.91 Å². The van der Waals surface area contributed by atoms with Crippen LogP contribution in [-0.2, 0) is 6.54 Å². The number of halogens is 1. The number of rotatable bonds is 2. The van der Waals surface area contributed by atoms with Crippen LogP contribution in [0.15, 0.2) is 47.5 Å². The van der Waals surface area contributed by atoms with Crippen molar-refractivity contribution in [3.8, 4) is 6.07 Å². The number of benzene rings is 2. The van der Waals surface area contributed by atoms with E-state index in [1.807, 2.05) is 35.8 Å². The van der Waals surface area contributed by atoms with Gasteiger partial charge in [-0.25, -0.2) is 0 Å². The number of carbonyl (C=O) groups is 1. The minimum absolute atomic E-state index is 0.334. The predicted octanol–water partition coefficient (Wildman–Crippen LogP) is 3.99. The van der Waals surface area contributed by atoms with Crippen LogP contribution in [0, 0.1) is 11.3 Å². The van der Waals surface area contributed by atoms with Crippen molar-refractivity contribution in [3.63, 3.8) is 0 Å². The normalized spacial score (nSPS) is 11.6. The monoisotopic (exact) mass is 341 g/mol. The van der Waals surface area contributed by atoms with Gasteiger partial charge in [-0.05, 0) is 43.3 Å². The van der Waals surface area contributed by atoms with Crippen molar-refractivity contribution in [1.82, 2.24) is 4.57 Å². The highest BCUT2D eigenvalue weighted by Gasteiger charge is 2.10. The van der Waals surface area contributed by atoms with Gasteiger partial charge in [0, 0.05) is 12.1 Å². The van der Waals surface area contributed by atoms with Crippen LogP contribution in [0.1, 0.15) is 22.8 Å². The molecule has 0 N–H and O–H groups in total. The molecule has 0 saturated carbocycles. The molecule has 0 aliphatic carbocycles. The third kappa shape index (κ3) is 2.91. The lowest BCUT2D eigenvalue weighted by Crippen LogP contribution is -2.16. The zero-order chi connectivity index (χ0) is 16.4. The number of nitrogens with zero attached hydrogens (tertiary/aromatic N) is 3. The highest BCUT2D eigenvalue weighted by atomic mass is 35.5. The van der Waals surface area contributed by atoms with Crippen molar-refractivity contribution >= 4 is 39.1 Å². The third-order valence-electron chi connectivity index (χ3n) is 3.43. The van der Waals surface area contributed by atoms with Gasteiger partial charge >= 0.3 is 0 Å². The molecule has 0 aliphatic heterocycles. The average molecular weight is 342 g/mol. The Morgan fingerprint density at radius 2 is 2.04 bits per heavy atom. The molecule has 0 radical (unpaired) electrons. The molecule has 114 valence electrons. The van der Waals surface area contributed by atoms with E-state index in [4.69, 9.17) is 16.9 Å². The molecule has 3 rings (SSSR count). The number of carbonyl (C=O) groups excluding carboxylic acids is 1. The summed E-state index contributed by atoms with van der Waals surface area (Å²) in [5, 5.41) is 9.45. The lowest BCUT2D eigenvalue weighted by Gasteiger charge is -2.01. The first-order valence-electron chi connectivity index (χ1n) is 7.01. The summed E-state index contributed by atoms with van der Waals surface area (Å²) in [5.41, 5.74) is 1.86. The van der Waals surface area contributed by atoms with Gasteiger partial charge in [-0.1, -0.05) is 29.0 Å². The highest BCUT2D eigenvalue weighted by Crippen LogP contribution is 2.25. The summed E-state index contributed by atoms with van der Waals surface area (Å²) in [4.78, 5) is 17.2. The van der Waals surface area contributed by atoms with E-state index >= 15 is 0 Å². The number of thiazole rings is 1. The van der Waals surface area contributed by atoms with Crippen LogP contribution < -0.4 is 4.80 Å². The molecule has 6 heteroatoms. The zero-order valence-corrected chi connectivity index (χ0v) is 13.9. The van der Waals surface area contributed by atoms with Gasteiger partial charge in [0.15, 0.2) is 4.80 Å². The molecular weight excluding hydrogens is 330 g/mol. The number of hydrogen-bond acceptors (Lipinski definition) is 3. The third-order valence-corrected chi connectivity index (χ3v) is 4.77. The lowest BCUT2D eigenvalue weighted by atomic mass is 10.1. The van der Waals surface area contributed by atoms with Crippen LogP contribution >= 0.6 is 22.9 Å². The summed E-state index contributed by atoms with van der Waals surface area (Å²) >= 11 is 7.70. The van der Waals surface area contributed by atoms with Crippen LogP contribution in [0.3, 0.4) is 0 Å². The SMILES string of the molecule is CCn1c(=NC(=O)c2ccc(C#N)cc2)sc2cccc(Cl)c21. The second-order valence-corrected chi connectivity index (χ2v) is 6.24. The first kappa shape index (κ1) is 15.5. The van der Waals surface area contributed by atoms with Crippen LogP contribution in [0.2, 0.25) is 5.02 Å². The van der Waals surface area contributed by atoms with E-state index in [0.717, 1.165) is 10.2 Å². The molecule has 0 fully saturated rings. The maximum atomic E-state index is 12.4. The Morgan fingerprint density at radius 1 is 1.30 bits per heavy atom. The maximum absolute atomic E-state index is 12.4. The smallest absolute Gasteiger partial charge is 0.279 e. The van der Waals surface area contributed by atoms with E-state index in [1.54, 1.807) is 24.3 Å². The molecule has 1 heterocycles. The van der Waals surface area contributed by atoms with E-state index in [9.17, 15) is 4.79 Å². The van der Waals surface area contributed by atoms with Crippen molar-refractivity contribution in [2.75, 3.05) is 0 Å². The van der Waals surface area contributed by atoms with E-state index in [-0.39, 0.29) is 5.91 Å². The molecule has 23 heavy (non-hydrogen) atoms. The molecule has 0 saturated heterocycles. The van der Waals surface area contributed by atoms with Crippen molar-refractivity contribution in [3.05, 3.63) is 63.4 Å². The molecule has 0 spiro atoms. The topological polar surface area (TPSA) is 58.1 Å². The second kappa shape index (κ2) is 6.37. The van der Waals surface area contributed by atoms with Crippen LogP contribution in [0.25, 0.3) is 10.2 Å². The molecule has 0 unspecified atom stereocenters. The highest BCUT2D eigenvalue weighted by molar-refractivity contribution is 7.16. The summed E-state index contributed by atoms with van der Waals surface area (Å²) in [6.45, 7) is 2.66. The molecular formula is C17H12ClN3OS. The first-order valence-corrected chi connectivity index (χ1v) is 8.20. The summed E-state index contributed by atoms with van der Waals surface area (Å²) in [5.74, 6) is -0.334. The van der Waals surface area contributed by atoms with Gasteiger partial charge in [-0.15, -0.1) is 0 Å². The minimum atomic E-state index is -0.334. The number of para-hydroxylation sites is 1. The number of nitriles is 1. The van der Waals surface area contributed by atoms with Gasteiger partial charge in [-0.3, -0.25) is 4.79 Å². The van der Waals surface area contributed by atoms with Crippen molar-refractivity contribution < 1.29 is 4.79 Å². The number of hydrogen-bond donors (Lipinski definition) is 0. The van der Waals surface area contributed by atoms with Gasteiger partial charge in [0.1, 0.15) is 0 Å². The minimum Gasteiger partial charge on any atom is -0.315 e. The van der Waals surface area contributed by atoms with Crippen molar-refractivity contribution in [2.24, 2.45) is 4.99 Å². The zero-order valence-electron chi connectivity index (χ0n) is 12.3. The molecule has 4 nitrogen and oxygen atoms in total. The Labute approximate surface area is 141 Å². The summed E-state index contributed by atoms with van der Waals surface area (Å²) in [7, 11) is 0. The van der Waals surface area contributed by atoms with Crippen molar-refractivity contribution in [2.45, 2.75) is 13.5 Å². The van der Waals surface area contributed by atoms with Gasteiger partial charge in [0.2, 0.25) is 0 Å². The molecule has 0 bridgehead atoms. The first-order chi connectivity index (χ1) is 11.1. The Bertz CT molecular complexity index is 993. The standard InChI is InChI=1S/C17H12ClN3OS/c1-2-21-15-13(18)4-3-5-14(15)23-17(21)20-16(22)12-8-6-11(10-19)7-9-12/h3-9H,2H2,1H3. The number of amides is 1. The molecule has 1 aromatic heterocycles. The van der Waals surface area contributed by atoms with E-state index in [1.165, 1.54) is 11.3 Å². The molecule has 0 atom stereocenters. The fourth-order valence-corrected chi connectivity index (χ4v) is 3.76. The van der Waals surface area contributed by atoms with Crippen LogP contribution in [0.4, 0.5) is 0 Å². The van der Waals surface area contributed by atoms with Crippen LogP contribution in [0.5, 0.6) is 0 Å². The number of aryl methyl sites for hydroxylation is 1. The van der Waals surface area contributed by atoms with E-state index in [0.29, 0.717) is 27.5 Å². The summed E-state index contributed by atoms with van der Waals surface area (Å²) in [6.07, 6.45) is 0. The van der Waals surface area contributed by atoms with E-state index < -0.39 is 0 Å². The fourth-order valence-electron chi connectivity index (χ4n) is 2.30. The maximum Gasteiger partial charge on any atom is 0.279 e. The van der Waals surface area contributed by atoms with E-state index in [2.05, 4.69) is 4.99 Å². The Hall–Kier alpha value is -2.42. The molecule has 1 amide bonds. The Morgan fingerprint density at radius 3 is 2.70 bits per heavy atom. The van der Waals surface area contributed by atoms with Crippen LogP contribution in [-0.4, -0.2) is 10.5 Å². The molecule has 3 aromatic rings. The lowest BCUT2D eigenvalue weighted by molar-refractivity contribution is 0.0998. The van der Waals surface area contributed by atoms with Gasteiger partial charge < -0.3 is 4.57 Å². The molecule has 0 aliphatic rings. The Kier molecular flexibility index (Phi) is 4.28. The second-order valence-electron chi connectivity index (χ2n) is 4.82. The number of fused-ring (bicyclic) bond motifs is 1. The molecule has 2 aromatic carbocycles. The van der Waals surface area contributed by atoms with Gasteiger partial charge in [-0.2, -0.15) is 10.3 Å². The van der Waals surface area contributed by atoms with Gasteiger partial charge in [0.05, 0.1) is 26.9 Å². The Balaban J connectivity index is 2.11.